The molecule has 1 aliphatic rings. The number of fused-ring (bicyclic) bond motifs is 1. The predicted octanol–water partition coefficient (Wildman–Crippen LogP) is 0.208. The van der Waals surface area contributed by atoms with Crippen molar-refractivity contribution in [3.63, 3.8) is 0 Å². The maximum absolute atomic E-state index is 11.3. The molecule has 0 saturated heterocycles. The van der Waals surface area contributed by atoms with Gasteiger partial charge in [-0.15, -0.1) is 0 Å². The van der Waals surface area contributed by atoms with Crippen molar-refractivity contribution in [2.75, 3.05) is 0 Å². The fourth-order valence-corrected chi connectivity index (χ4v) is 2.88. The largest absolute Gasteiger partial charge is 0.220 e. The second-order valence-corrected chi connectivity index (χ2v) is 5.00. The van der Waals surface area contributed by atoms with E-state index in [0.717, 1.165) is 21.6 Å². The fourth-order valence-electron chi connectivity index (χ4n) is 1.53. The zero-order chi connectivity index (χ0) is 9.64. The number of hydrogen-bond donors (Lipinski definition) is 0. The van der Waals surface area contributed by atoms with Gasteiger partial charge in [-0.1, -0.05) is 12.1 Å². The average molecular weight is 194 g/mol. The molecule has 0 N–H and O–H groups in total. The van der Waals surface area contributed by atoms with E-state index in [4.69, 9.17) is 0 Å². The molecular formula is C10H10O2S. The van der Waals surface area contributed by atoms with Crippen LogP contribution in [0, 0.1) is 13.8 Å². The average Bonchev–Trinajstić information content (AvgIpc) is 2.35. The van der Waals surface area contributed by atoms with Crippen LogP contribution in [0.15, 0.2) is 12.1 Å². The molecule has 0 unspecified atom stereocenters. The van der Waals surface area contributed by atoms with Crippen molar-refractivity contribution in [2.45, 2.75) is 13.8 Å². The highest BCUT2D eigenvalue weighted by molar-refractivity contribution is 8.06. The SMILES string of the molecule is Cc1ccc(C)c2c1=CS(=O)(=O)C=2. The zero-order valence-electron chi connectivity index (χ0n) is 7.53. The molecule has 0 bridgehead atoms. The Hall–Kier alpha value is -1.09. The van der Waals surface area contributed by atoms with Gasteiger partial charge in [-0.05, 0) is 35.4 Å². The summed E-state index contributed by atoms with van der Waals surface area (Å²) >= 11 is 0. The first-order valence-electron chi connectivity index (χ1n) is 4.04. The monoisotopic (exact) mass is 194 g/mol. The summed E-state index contributed by atoms with van der Waals surface area (Å²) in [5.41, 5.74) is 2.02. The van der Waals surface area contributed by atoms with E-state index in [0.29, 0.717) is 0 Å². The molecule has 0 amide bonds. The molecule has 1 aromatic carbocycles. The summed E-state index contributed by atoms with van der Waals surface area (Å²) in [6.07, 6.45) is 0. The topological polar surface area (TPSA) is 34.1 Å². The van der Waals surface area contributed by atoms with Crippen molar-refractivity contribution >= 4 is 20.7 Å². The van der Waals surface area contributed by atoms with E-state index in [1.807, 2.05) is 26.0 Å². The van der Waals surface area contributed by atoms with Crippen molar-refractivity contribution in [1.82, 2.24) is 0 Å². The van der Waals surface area contributed by atoms with Crippen LogP contribution in [0.25, 0.3) is 10.8 Å². The maximum atomic E-state index is 11.3. The quantitative estimate of drug-likeness (QED) is 0.591. The molecule has 0 fully saturated rings. The Balaban J connectivity index is 3.08. The third-order valence-electron chi connectivity index (χ3n) is 2.29. The van der Waals surface area contributed by atoms with Gasteiger partial charge in [0.05, 0.1) is 0 Å². The van der Waals surface area contributed by atoms with E-state index in [1.165, 1.54) is 10.8 Å². The van der Waals surface area contributed by atoms with Gasteiger partial charge >= 0.3 is 0 Å². The maximum Gasteiger partial charge on any atom is 0.194 e. The highest BCUT2D eigenvalue weighted by Crippen LogP contribution is 2.01. The van der Waals surface area contributed by atoms with E-state index in [2.05, 4.69) is 0 Å². The Morgan fingerprint density at radius 2 is 1.31 bits per heavy atom. The fraction of sp³-hybridized carbons (Fsp3) is 0.200. The Bertz CT molecular complexity index is 533. The number of rotatable bonds is 0. The molecule has 0 spiro atoms. The van der Waals surface area contributed by atoms with Gasteiger partial charge in [0.25, 0.3) is 0 Å². The summed E-state index contributed by atoms with van der Waals surface area (Å²) in [5.74, 6) is 0. The first kappa shape index (κ1) is 8.51. The van der Waals surface area contributed by atoms with Crippen LogP contribution in [0.1, 0.15) is 11.1 Å². The molecule has 3 heteroatoms. The van der Waals surface area contributed by atoms with Gasteiger partial charge in [-0.3, -0.25) is 0 Å². The normalized spacial score (nSPS) is 17.4. The molecule has 2 nitrogen and oxygen atoms in total. The molecule has 0 aliphatic carbocycles. The minimum absolute atomic E-state index is 0.847. The van der Waals surface area contributed by atoms with E-state index >= 15 is 0 Å². The van der Waals surface area contributed by atoms with Gasteiger partial charge in [-0.25, -0.2) is 8.42 Å². The van der Waals surface area contributed by atoms with Gasteiger partial charge < -0.3 is 0 Å². The molecule has 0 atom stereocenters. The zero-order valence-corrected chi connectivity index (χ0v) is 8.35. The number of benzene rings is 1. The molecular weight excluding hydrogens is 184 g/mol. The van der Waals surface area contributed by atoms with Crippen LogP contribution >= 0.6 is 0 Å². The molecule has 1 heterocycles. The highest BCUT2D eigenvalue weighted by atomic mass is 32.2. The van der Waals surface area contributed by atoms with Crippen LogP contribution in [0.5, 0.6) is 0 Å². The summed E-state index contributed by atoms with van der Waals surface area (Å²) < 4.78 is 22.6. The lowest BCUT2D eigenvalue weighted by Gasteiger charge is -1.95. The summed E-state index contributed by atoms with van der Waals surface area (Å²) in [6, 6.07) is 3.89. The van der Waals surface area contributed by atoms with Crippen LogP contribution in [0.4, 0.5) is 0 Å². The lowest BCUT2D eigenvalue weighted by Crippen LogP contribution is -2.26. The summed E-state index contributed by atoms with van der Waals surface area (Å²) in [5, 5.41) is 4.37. The summed E-state index contributed by atoms with van der Waals surface area (Å²) in [7, 11) is -3.10. The Morgan fingerprint density at radius 3 is 1.69 bits per heavy atom. The molecule has 68 valence electrons. The van der Waals surface area contributed by atoms with E-state index in [-0.39, 0.29) is 0 Å². The molecule has 1 aromatic rings. The van der Waals surface area contributed by atoms with Crippen LogP contribution in [-0.2, 0) is 9.84 Å². The first-order chi connectivity index (χ1) is 5.99. The van der Waals surface area contributed by atoms with Gasteiger partial charge in [0.1, 0.15) is 0 Å². The molecule has 2 rings (SSSR count). The predicted molar refractivity (Wildman–Crippen MR) is 53.0 cm³/mol. The Labute approximate surface area is 77.1 Å². The number of aryl methyl sites for hydroxylation is 2. The molecule has 13 heavy (non-hydrogen) atoms. The van der Waals surface area contributed by atoms with Crippen LogP contribution in [-0.4, -0.2) is 8.42 Å². The number of hydrogen-bond acceptors (Lipinski definition) is 2. The van der Waals surface area contributed by atoms with E-state index < -0.39 is 9.84 Å². The number of sulfone groups is 1. The second-order valence-electron chi connectivity index (χ2n) is 3.35. The van der Waals surface area contributed by atoms with Crippen LogP contribution < -0.4 is 10.4 Å². The third kappa shape index (κ3) is 1.29. The molecule has 0 radical (unpaired) electrons. The van der Waals surface area contributed by atoms with Gasteiger partial charge in [0, 0.05) is 10.8 Å². The second kappa shape index (κ2) is 2.45. The standard InChI is InChI=1S/C10H10O2S/c1-7-3-4-8(2)10-6-13(11,12)5-9(7)10/h3-6H,1-2H3. The van der Waals surface area contributed by atoms with E-state index in [9.17, 15) is 8.42 Å². The lowest BCUT2D eigenvalue weighted by atomic mass is 10.1. The molecule has 1 aliphatic heterocycles. The van der Waals surface area contributed by atoms with E-state index in [1.54, 1.807) is 0 Å². The van der Waals surface area contributed by atoms with Crippen molar-refractivity contribution in [1.29, 1.82) is 0 Å². The van der Waals surface area contributed by atoms with Gasteiger partial charge in [0.15, 0.2) is 9.84 Å². The first-order valence-corrected chi connectivity index (χ1v) is 5.65. The Kier molecular flexibility index (Phi) is 1.60. The third-order valence-corrected chi connectivity index (χ3v) is 3.42. The smallest absolute Gasteiger partial charge is 0.194 e. The van der Waals surface area contributed by atoms with Crippen LogP contribution in [0.3, 0.4) is 0 Å². The van der Waals surface area contributed by atoms with Crippen molar-refractivity contribution in [3.05, 3.63) is 33.7 Å². The highest BCUT2D eigenvalue weighted by Gasteiger charge is 2.11. The molecule has 0 aromatic heterocycles. The lowest BCUT2D eigenvalue weighted by molar-refractivity contribution is 0.617. The minimum Gasteiger partial charge on any atom is -0.220 e. The van der Waals surface area contributed by atoms with Gasteiger partial charge in [0.2, 0.25) is 0 Å². The van der Waals surface area contributed by atoms with Crippen molar-refractivity contribution < 1.29 is 8.42 Å². The minimum atomic E-state index is -3.10. The van der Waals surface area contributed by atoms with Gasteiger partial charge in [-0.2, -0.15) is 0 Å². The summed E-state index contributed by atoms with van der Waals surface area (Å²) in [4.78, 5) is 0. The Morgan fingerprint density at radius 1 is 0.923 bits per heavy atom. The van der Waals surface area contributed by atoms with Crippen LogP contribution in [0.2, 0.25) is 0 Å². The van der Waals surface area contributed by atoms with Crippen molar-refractivity contribution in [3.8, 4) is 0 Å². The van der Waals surface area contributed by atoms with Crippen molar-refractivity contribution in [2.24, 2.45) is 0 Å². The summed E-state index contributed by atoms with van der Waals surface area (Å²) in [6.45, 7) is 3.84. The molecule has 0 saturated carbocycles.